The van der Waals surface area contributed by atoms with Crippen molar-refractivity contribution in [3.8, 4) is 0 Å². The van der Waals surface area contributed by atoms with Crippen LogP contribution in [0.4, 0.5) is 4.39 Å². The van der Waals surface area contributed by atoms with Crippen molar-refractivity contribution in [1.82, 2.24) is 9.55 Å². The summed E-state index contributed by atoms with van der Waals surface area (Å²) in [6.07, 6.45) is 5.60. The normalized spacial score (nSPS) is 16.9. The number of rotatable bonds is 2. The second-order valence-corrected chi connectivity index (χ2v) is 5.07. The Morgan fingerprint density at radius 2 is 2.11 bits per heavy atom. The predicted molar refractivity (Wildman–Crippen MR) is 69.5 cm³/mol. The number of imidazole rings is 1. The van der Waals surface area contributed by atoms with Gasteiger partial charge in [0.1, 0.15) is 11.6 Å². The maximum absolute atomic E-state index is 14.0. The summed E-state index contributed by atoms with van der Waals surface area (Å²) < 4.78 is 15.6. The Hall–Kier alpha value is -1.97. The molecule has 1 saturated carbocycles. The molecule has 98 valence electrons. The van der Waals surface area contributed by atoms with E-state index in [0.29, 0.717) is 24.2 Å². The van der Waals surface area contributed by atoms with Gasteiger partial charge in [0.15, 0.2) is 0 Å². The van der Waals surface area contributed by atoms with Crippen molar-refractivity contribution in [3.63, 3.8) is 0 Å². The number of halogens is 1. The fraction of sp³-hybridized carbons (Fsp3) is 0.333. The molecular formula is C15H15FN2O. The van der Waals surface area contributed by atoms with Crippen molar-refractivity contribution < 1.29 is 9.18 Å². The van der Waals surface area contributed by atoms with E-state index < -0.39 is 5.41 Å². The van der Waals surface area contributed by atoms with E-state index in [1.54, 1.807) is 37.5 Å². The summed E-state index contributed by atoms with van der Waals surface area (Å²) >= 11 is 0. The van der Waals surface area contributed by atoms with Crippen LogP contribution in [0, 0.1) is 12.7 Å². The van der Waals surface area contributed by atoms with Crippen molar-refractivity contribution in [3.05, 3.63) is 53.9 Å². The first-order valence-corrected chi connectivity index (χ1v) is 6.45. The van der Waals surface area contributed by atoms with Crippen LogP contribution in [0.5, 0.6) is 0 Å². The number of carbonyl (C=O) groups excluding carboxylic acids is 1. The van der Waals surface area contributed by atoms with E-state index in [4.69, 9.17) is 0 Å². The smallest absolute Gasteiger partial charge is 0.242 e. The molecule has 0 unspecified atom stereocenters. The Morgan fingerprint density at radius 3 is 2.63 bits per heavy atom. The molecule has 3 nitrogen and oxygen atoms in total. The molecule has 4 heteroatoms. The minimum atomic E-state index is -0.712. The molecule has 3 rings (SSSR count). The van der Waals surface area contributed by atoms with Gasteiger partial charge >= 0.3 is 0 Å². The van der Waals surface area contributed by atoms with Crippen molar-refractivity contribution in [2.24, 2.45) is 0 Å². The average Bonchev–Trinajstić information content (AvgIpc) is 2.76. The lowest BCUT2D eigenvalue weighted by molar-refractivity contribution is 0.0685. The number of benzene rings is 1. The third-order valence-corrected chi connectivity index (χ3v) is 4.05. The molecule has 19 heavy (non-hydrogen) atoms. The highest BCUT2D eigenvalue weighted by Gasteiger charge is 2.48. The maximum atomic E-state index is 14.0. The van der Waals surface area contributed by atoms with Gasteiger partial charge in [-0.3, -0.25) is 9.36 Å². The average molecular weight is 258 g/mol. The molecule has 1 aromatic heterocycles. The molecular weight excluding hydrogens is 243 g/mol. The van der Waals surface area contributed by atoms with Crippen molar-refractivity contribution in [2.45, 2.75) is 31.6 Å². The highest BCUT2D eigenvalue weighted by molar-refractivity contribution is 5.91. The van der Waals surface area contributed by atoms with Gasteiger partial charge in [0, 0.05) is 18.0 Å². The highest BCUT2D eigenvalue weighted by atomic mass is 19.1. The Labute approximate surface area is 111 Å². The number of nitrogens with zero attached hydrogens (tertiary/aromatic N) is 2. The summed E-state index contributed by atoms with van der Waals surface area (Å²) in [5.74, 6) is 0.278. The quantitative estimate of drug-likeness (QED) is 0.829. The third-order valence-electron chi connectivity index (χ3n) is 4.05. The van der Waals surface area contributed by atoms with Gasteiger partial charge in [-0.25, -0.2) is 9.37 Å². The third kappa shape index (κ3) is 1.70. The van der Waals surface area contributed by atoms with Crippen LogP contribution in [-0.4, -0.2) is 15.5 Å². The van der Waals surface area contributed by atoms with Crippen molar-refractivity contribution >= 4 is 5.91 Å². The van der Waals surface area contributed by atoms with Gasteiger partial charge in [-0.05, 0) is 25.8 Å². The lowest BCUT2D eigenvalue weighted by atomic mass is 9.63. The van der Waals surface area contributed by atoms with Crippen LogP contribution in [0.1, 0.15) is 35.4 Å². The number of aromatic nitrogens is 2. The van der Waals surface area contributed by atoms with Crippen LogP contribution in [0.15, 0.2) is 36.7 Å². The number of aryl methyl sites for hydroxylation is 1. The summed E-state index contributed by atoms with van der Waals surface area (Å²) in [7, 11) is 0. The number of carbonyl (C=O) groups is 1. The van der Waals surface area contributed by atoms with Gasteiger partial charge in [0.25, 0.3) is 0 Å². The summed E-state index contributed by atoms with van der Waals surface area (Å²) in [6.45, 7) is 1.78. The lowest BCUT2D eigenvalue weighted by Crippen LogP contribution is -2.46. The van der Waals surface area contributed by atoms with Crippen LogP contribution < -0.4 is 0 Å². The predicted octanol–water partition coefficient (Wildman–Crippen LogP) is 3.09. The molecule has 2 aromatic rings. The molecule has 1 fully saturated rings. The van der Waals surface area contributed by atoms with Gasteiger partial charge in [-0.1, -0.05) is 24.6 Å². The van der Waals surface area contributed by atoms with E-state index in [9.17, 15) is 9.18 Å². The molecule has 0 spiro atoms. The molecule has 0 amide bonds. The van der Waals surface area contributed by atoms with E-state index >= 15 is 0 Å². The molecule has 0 bridgehead atoms. The van der Waals surface area contributed by atoms with E-state index in [1.165, 1.54) is 10.6 Å². The van der Waals surface area contributed by atoms with Crippen LogP contribution in [0.3, 0.4) is 0 Å². The van der Waals surface area contributed by atoms with E-state index in [-0.39, 0.29) is 11.7 Å². The Bertz CT molecular complexity index is 629. The zero-order valence-electron chi connectivity index (χ0n) is 10.8. The second kappa shape index (κ2) is 4.30. The van der Waals surface area contributed by atoms with Gasteiger partial charge < -0.3 is 0 Å². The molecule has 1 aromatic carbocycles. The Morgan fingerprint density at radius 1 is 1.37 bits per heavy atom. The first-order valence-electron chi connectivity index (χ1n) is 6.45. The Kier molecular flexibility index (Phi) is 2.73. The molecule has 0 aliphatic heterocycles. The molecule has 1 heterocycles. The number of hydrogen-bond donors (Lipinski definition) is 0. The molecule has 1 aliphatic carbocycles. The zero-order valence-corrected chi connectivity index (χ0v) is 10.8. The molecule has 1 aliphatic rings. The second-order valence-electron chi connectivity index (χ2n) is 5.07. The summed E-state index contributed by atoms with van der Waals surface area (Å²) in [4.78, 5) is 16.8. The van der Waals surface area contributed by atoms with Gasteiger partial charge in [-0.15, -0.1) is 0 Å². The van der Waals surface area contributed by atoms with Crippen LogP contribution in [0.2, 0.25) is 0 Å². The van der Waals surface area contributed by atoms with Crippen LogP contribution in [0.25, 0.3) is 0 Å². The van der Waals surface area contributed by atoms with Crippen molar-refractivity contribution in [1.29, 1.82) is 0 Å². The topological polar surface area (TPSA) is 34.9 Å². The van der Waals surface area contributed by atoms with E-state index in [1.807, 2.05) is 0 Å². The van der Waals surface area contributed by atoms with Crippen LogP contribution >= 0.6 is 0 Å². The molecule has 0 saturated heterocycles. The fourth-order valence-electron chi connectivity index (χ4n) is 2.80. The van der Waals surface area contributed by atoms with Gasteiger partial charge in [0.05, 0.1) is 5.41 Å². The molecule has 0 atom stereocenters. The fourth-order valence-corrected chi connectivity index (χ4v) is 2.80. The van der Waals surface area contributed by atoms with Crippen molar-refractivity contribution in [2.75, 3.05) is 0 Å². The zero-order chi connectivity index (χ0) is 13.5. The minimum absolute atomic E-state index is 0.0705. The summed E-state index contributed by atoms with van der Waals surface area (Å²) in [6, 6.07) is 6.58. The van der Waals surface area contributed by atoms with E-state index in [2.05, 4.69) is 4.98 Å². The maximum Gasteiger partial charge on any atom is 0.242 e. The molecule has 0 radical (unpaired) electrons. The van der Waals surface area contributed by atoms with E-state index in [0.717, 1.165) is 6.42 Å². The van der Waals surface area contributed by atoms with Crippen LogP contribution in [-0.2, 0) is 5.41 Å². The highest BCUT2D eigenvalue weighted by Crippen LogP contribution is 2.46. The standard InChI is InChI=1S/C15H15FN2O/c1-11-17-9-10-18(11)14(19)15(7-4-8-15)12-5-2-3-6-13(12)16/h2-3,5-6,9-10H,4,7-8H2,1H3. The summed E-state index contributed by atoms with van der Waals surface area (Å²) in [5.41, 5.74) is -0.198. The summed E-state index contributed by atoms with van der Waals surface area (Å²) in [5, 5.41) is 0. The minimum Gasteiger partial charge on any atom is -0.273 e. The lowest BCUT2D eigenvalue weighted by Gasteiger charge is -2.40. The SMILES string of the molecule is Cc1nccn1C(=O)C1(c2ccccc2F)CCC1. The monoisotopic (exact) mass is 258 g/mol. The first kappa shape index (κ1) is 12.1. The molecule has 0 N–H and O–H groups in total. The first-order chi connectivity index (χ1) is 9.15. The van der Waals surface area contributed by atoms with Gasteiger partial charge in [-0.2, -0.15) is 0 Å². The Balaban J connectivity index is 2.08. The van der Waals surface area contributed by atoms with Gasteiger partial charge in [0.2, 0.25) is 5.91 Å². The largest absolute Gasteiger partial charge is 0.273 e. The number of hydrogen-bond acceptors (Lipinski definition) is 2.